The second-order valence-corrected chi connectivity index (χ2v) is 8.89. The Labute approximate surface area is 192 Å². The molecule has 0 saturated carbocycles. The number of amides is 1. The molecule has 1 fully saturated rings. The first kappa shape index (κ1) is 22.1. The number of rotatable bonds is 6. The van der Waals surface area contributed by atoms with Crippen LogP contribution in [0.5, 0.6) is 5.75 Å². The van der Waals surface area contributed by atoms with E-state index >= 15 is 0 Å². The summed E-state index contributed by atoms with van der Waals surface area (Å²) in [5.74, 6) is 1.63. The normalized spacial score (nSPS) is 14.4. The standard InChI is InChI=1S/C29H33NO2/c1-4-18-32-28-13-12-27(20-22(28)3)23-8-10-25(11-9-23)29(31)30-16-14-24(15-17-30)26-7-5-6-21(2)19-26/h5-13,19-20,24H,4,14-18H2,1-3H3. The maximum absolute atomic E-state index is 13.1. The highest BCUT2D eigenvalue weighted by Crippen LogP contribution is 2.30. The van der Waals surface area contributed by atoms with Crippen LogP contribution in [0, 0.1) is 13.8 Å². The summed E-state index contributed by atoms with van der Waals surface area (Å²) in [6, 6.07) is 23.1. The van der Waals surface area contributed by atoms with Gasteiger partial charge in [0.2, 0.25) is 0 Å². The van der Waals surface area contributed by atoms with Crippen LogP contribution in [0.4, 0.5) is 0 Å². The molecule has 3 aromatic rings. The van der Waals surface area contributed by atoms with Gasteiger partial charge in [0.25, 0.3) is 5.91 Å². The van der Waals surface area contributed by atoms with E-state index in [1.165, 1.54) is 11.1 Å². The smallest absolute Gasteiger partial charge is 0.253 e. The molecule has 0 spiro atoms. The minimum absolute atomic E-state index is 0.138. The van der Waals surface area contributed by atoms with E-state index in [9.17, 15) is 4.79 Å². The summed E-state index contributed by atoms with van der Waals surface area (Å²) in [5, 5.41) is 0. The fraction of sp³-hybridized carbons (Fsp3) is 0.345. The number of hydrogen-bond acceptors (Lipinski definition) is 2. The summed E-state index contributed by atoms with van der Waals surface area (Å²) in [6.07, 6.45) is 3.05. The van der Waals surface area contributed by atoms with Gasteiger partial charge in [-0.1, -0.05) is 55.0 Å². The average Bonchev–Trinajstić information content (AvgIpc) is 2.83. The number of carbonyl (C=O) groups is 1. The summed E-state index contributed by atoms with van der Waals surface area (Å²) in [5.41, 5.74) is 6.87. The number of piperidine rings is 1. The Morgan fingerprint density at radius 3 is 2.31 bits per heavy atom. The largest absolute Gasteiger partial charge is 0.493 e. The SMILES string of the molecule is CCCOc1ccc(-c2ccc(C(=O)N3CCC(c4cccc(C)c4)CC3)cc2)cc1C. The molecule has 3 heteroatoms. The maximum atomic E-state index is 13.1. The summed E-state index contributed by atoms with van der Waals surface area (Å²) in [4.78, 5) is 15.1. The molecular formula is C29H33NO2. The van der Waals surface area contributed by atoms with Crippen molar-refractivity contribution >= 4 is 5.91 Å². The number of ether oxygens (including phenoxy) is 1. The summed E-state index contributed by atoms with van der Waals surface area (Å²) in [7, 11) is 0. The number of nitrogens with zero attached hydrogens (tertiary/aromatic N) is 1. The second-order valence-electron chi connectivity index (χ2n) is 8.89. The zero-order valence-corrected chi connectivity index (χ0v) is 19.4. The highest BCUT2D eigenvalue weighted by molar-refractivity contribution is 5.94. The van der Waals surface area contributed by atoms with E-state index in [4.69, 9.17) is 4.74 Å². The third-order valence-electron chi connectivity index (χ3n) is 6.40. The van der Waals surface area contributed by atoms with Gasteiger partial charge in [-0.05, 0) is 85.5 Å². The predicted octanol–water partition coefficient (Wildman–Crippen LogP) is 6.78. The molecule has 0 aromatic heterocycles. The molecule has 3 nitrogen and oxygen atoms in total. The molecule has 1 heterocycles. The molecule has 0 unspecified atom stereocenters. The molecule has 0 atom stereocenters. The monoisotopic (exact) mass is 427 g/mol. The van der Waals surface area contributed by atoms with Gasteiger partial charge < -0.3 is 9.64 Å². The highest BCUT2D eigenvalue weighted by Gasteiger charge is 2.24. The Bertz CT molecular complexity index is 1060. The molecular weight excluding hydrogens is 394 g/mol. The van der Waals surface area contributed by atoms with Crippen LogP contribution < -0.4 is 4.74 Å². The van der Waals surface area contributed by atoms with Crippen molar-refractivity contribution in [1.29, 1.82) is 0 Å². The van der Waals surface area contributed by atoms with Gasteiger partial charge in [0.1, 0.15) is 5.75 Å². The van der Waals surface area contributed by atoms with Crippen molar-refractivity contribution in [1.82, 2.24) is 4.90 Å². The molecule has 4 rings (SSSR count). The molecule has 1 saturated heterocycles. The quantitative estimate of drug-likeness (QED) is 0.434. The van der Waals surface area contributed by atoms with Gasteiger partial charge >= 0.3 is 0 Å². The number of likely N-dealkylation sites (tertiary alicyclic amines) is 1. The molecule has 32 heavy (non-hydrogen) atoms. The molecule has 0 N–H and O–H groups in total. The van der Waals surface area contributed by atoms with Crippen molar-refractivity contribution in [2.75, 3.05) is 19.7 Å². The Morgan fingerprint density at radius 1 is 0.938 bits per heavy atom. The predicted molar refractivity (Wildman–Crippen MR) is 131 cm³/mol. The fourth-order valence-electron chi connectivity index (χ4n) is 4.53. The van der Waals surface area contributed by atoms with Crippen LogP contribution in [0.2, 0.25) is 0 Å². The zero-order valence-electron chi connectivity index (χ0n) is 19.4. The number of aryl methyl sites for hydroxylation is 2. The summed E-state index contributed by atoms with van der Waals surface area (Å²) >= 11 is 0. The van der Waals surface area contributed by atoms with Gasteiger partial charge in [0.15, 0.2) is 0 Å². The summed E-state index contributed by atoms with van der Waals surface area (Å²) in [6.45, 7) is 8.70. The first-order valence-electron chi connectivity index (χ1n) is 11.7. The van der Waals surface area contributed by atoms with Crippen LogP contribution in [-0.4, -0.2) is 30.5 Å². The van der Waals surface area contributed by atoms with E-state index in [0.717, 1.165) is 67.0 Å². The van der Waals surface area contributed by atoms with Crippen molar-refractivity contribution < 1.29 is 9.53 Å². The number of carbonyl (C=O) groups excluding carboxylic acids is 1. The molecule has 3 aromatic carbocycles. The van der Waals surface area contributed by atoms with Gasteiger partial charge in [-0.15, -0.1) is 0 Å². The van der Waals surface area contributed by atoms with E-state index in [0.29, 0.717) is 5.92 Å². The molecule has 1 aliphatic rings. The molecule has 0 radical (unpaired) electrons. The zero-order chi connectivity index (χ0) is 22.5. The van der Waals surface area contributed by atoms with Crippen molar-refractivity contribution in [3.63, 3.8) is 0 Å². The van der Waals surface area contributed by atoms with E-state index in [1.807, 2.05) is 35.2 Å². The first-order chi connectivity index (χ1) is 15.5. The van der Waals surface area contributed by atoms with E-state index < -0.39 is 0 Å². The Kier molecular flexibility index (Phi) is 6.94. The van der Waals surface area contributed by atoms with Gasteiger partial charge in [-0.25, -0.2) is 0 Å². The van der Waals surface area contributed by atoms with Crippen LogP contribution in [0.1, 0.15) is 59.2 Å². The highest BCUT2D eigenvalue weighted by atomic mass is 16.5. The molecule has 0 bridgehead atoms. The molecule has 166 valence electrons. The van der Waals surface area contributed by atoms with Gasteiger partial charge in [0, 0.05) is 18.7 Å². The minimum atomic E-state index is 0.138. The lowest BCUT2D eigenvalue weighted by Crippen LogP contribution is -2.37. The number of hydrogen-bond donors (Lipinski definition) is 0. The average molecular weight is 428 g/mol. The van der Waals surface area contributed by atoms with Crippen molar-refractivity contribution in [2.45, 2.75) is 46.0 Å². The van der Waals surface area contributed by atoms with E-state index in [2.05, 4.69) is 57.2 Å². The molecule has 0 aliphatic carbocycles. The Hall–Kier alpha value is -3.07. The Balaban J connectivity index is 1.39. The number of benzene rings is 3. The molecule has 1 amide bonds. The van der Waals surface area contributed by atoms with Crippen LogP contribution in [0.15, 0.2) is 66.7 Å². The minimum Gasteiger partial charge on any atom is -0.493 e. The lowest BCUT2D eigenvalue weighted by Gasteiger charge is -2.32. The fourth-order valence-corrected chi connectivity index (χ4v) is 4.53. The third kappa shape index (κ3) is 5.04. The van der Waals surface area contributed by atoms with Crippen LogP contribution >= 0.6 is 0 Å². The Morgan fingerprint density at radius 2 is 1.66 bits per heavy atom. The molecule has 1 aliphatic heterocycles. The van der Waals surface area contributed by atoms with Crippen molar-refractivity contribution in [2.24, 2.45) is 0 Å². The maximum Gasteiger partial charge on any atom is 0.253 e. The third-order valence-corrected chi connectivity index (χ3v) is 6.40. The second kappa shape index (κ2) is 10.0. The van der Waals surface area contributed by atoms with Crippen LogP contribution in [0.3, 0.4) is 0 Å². The van der Waals surface area contributed by atoms with E-state index in [1.54, 1.807) is 0 Å². The van der Waals surface area contributed by atoms with E-state index in [-0.39, 0.29) is 5.91 Å². The van der Waals surface area contributed by atoms with Gasteiger partial charge in [0.05, 0.1) is 6.61 Å². The van der Waals surface area contributed by atoms with Crippen LogP contribution in [-0.2, 0) is 0 Å². The topological polar surface area (TPSA) is 29.5 Å². The summed E-state index contributed by atoms with van der Waals surface area (Å²) < 4.78 is 5.79. The van der Waals surface area contributed by atoms with Crippen molar-refractivity contribution in [3.8, 4) is 16.9 Å². The first-order valence-corrected chi connectivity index (χ1v) is 11.7. The van der Waals surface area contributed by atoms with Crippen molar-refractivity contribution in [3.05, 3.63) is 89.0 Å². The van der Waals surface area contributed by atoms with Crippen LogP contribution in [0.25, 0.3) is 11.1 Å². The lowest BCUT2D eigenvalue weighted by molar-refractivity contribution is 0.0713. The van der Waals surface area contributed by atoms with Gasteiger partial charge in [-0.3, -0.25) is 4.79 Å². The van der Waals surface area contributed by atoms with Gasteiger partial charge in [-0.2, -0.15) is 0 Å². The lowest BCUT2D eigenvalue weighted by atomic mass is 9.88.